The van der Waals surface area contributed by atoms with E-state index >= 15 is 0 Å². The number of unbranched alkanes of at least 4 members (excludes halogenated alkanes) is 10. The summed E-state index contributed by atoms with van der Waals surface area (Å²) in [7, 11) is 0. The van der Waals surface area contributed by atoms with Gasteiger partial charge < -0.3 is 24.8 Å². The Bertz CT molecular complexity index is 886. The highest BCUT2D eigenvalue weighted by Crippen LogP contribution is 2.28. The van der Waals surface area contributed by atoms with E-state index in [0.29, 0.717) is 0 Å². The molecular weight excluding hydrogens is 480 g/mol. The van der Waals surface area contributed by atoms with Crippen LogP contribution in [0.2, 0.25) is 0 Å². The van der Waals surface area contributed by atoms with Crippen LogP contribution in [-0.4, -0.2) is 61.9 Å². The minimum Gasteiger partial charge on any atom is -0.463 e. The van der Waals surface area contributed by atoms with Gasteiger partial charge in [-0.05, 0) is 19.3 Å². The molecule has 212 valence electrons. The van der Waals surface area contributed by atoms with E-state index in [1.165, 1.54) is 31.9 Å². The first-order chi connectivity index (χ1) is 17.8. The molecule has 0 radical (unpaired) electrons. The quantitative estimate of drug-likeness (QED) is 0.159. The van der Waals surface area contributed by atoms with Crippen LogP contribution in [0.15, 0.2) is 21.9 Å². The zero-order chi connectivity index (χ0) is 27.0. The number of carbonyl (C=O) groups is 1. The van der Waals surface area contributed by atoms with Gasteiger partial charge in [-0.1, -0.05) is 77.6 Å². The van der Waals surface area contributed by atoms with E-state index in [9.17, 15) is 29.7 Å². The van der Waals surface area contributed by atoms with E-state index in [4.69, 9.17) is 9.47 Å². The first-order valence-corrected chi connectivity index (χ1v) is 14.0. The summed E-state index contributed by atoms with van der Waals surface area (Å²) in [6.07, 6.45) is 11.4. The molecule has 1 aliphatic heterocycles. The second-order valence-corrected chi connectivity index (χ2v) is 10.1. The molecule has 1 aromatic rings. The lowest BCUT2D eigenvalue weighted by atomic mass is 10.0. The van der Waals surface area contributed by atoms with Crippen LogP contribution in [0.25, 0.3) is 0 Å². The average molecular weight is 527 g/mol. The number of hydrogen-bond acceptors (Lipinski definition) is 8. The molecule has 1 saturated heterocycles. The van der Waals surface area contributed by atoms with Gasteiger partial charge in [0.2, 0.25) is 0 Å². The summed E-state index contributed by atoms with van der Waals surface area (Å²) >= 11 is 0. The summed E-state index contributed by atoms with van der Waals surface area (Å²) in [5.74, 6) is -0.400. The van der Waals surface area contributed by atoms with Crippen LogP contribution < -0.4 is 11.2 Å². The Labute approximate surface area is 219 Å². The molecule has 5 atom stereocenters. The van der Waals surface area contributed by atoms with E-state index in [2.05, 4.69) is 11.9 Å². The number of aromatic amines is 1. The number of carbonyl (C=O) groups excluding carboxylic acids is 1. The van der Waals surface area contributed by atoms with Gasteiger partial charge in [0.05, 0.1) is 6.10 Å². The molecule has 0 spiro atoms. The minimum atomic E-state index is -1.41. The summed E-state index contributed by atoms with van der Waals surface area (Å²) < 4.78 is 11.7. The second-order valence-electron chi connectivity index (χ2n) is 10.1. The lowest BCUT2D eigenvalue weighted by Gasteiger charge is -2.16. The fraction of sp³-hybridized carbons (Fsp3) is 0.815. The number of nitrogens with one attached hydrogen (secondary N) is 1. The maximum absolute atomic E-state index is 12.1. The normalized spacial score (nSPS) is 22.3. The molecule has 2 rings (SSSR count). The molecule has 0 saturated carbocycles. The minimum absolute atomic E-state index is 0.146. The number of esters is 1. The third-order valence-electron chi connectivity index (χ3n) is 6.93. The predicted octanol–water partition coefficient (Wildman–Crippen LogP) is 2.93. The van der Waals surface area contributed by atoms with Crippen molar-refractivity contribution in [1.29, 1.82) is 0 Å². The number of aromatic nitrogens is 2. The van der Waals surface area contributed by atoms with Crippen molar-refractivity contribution >= 4 is 5.97 Å². The Hall–Kier alpha value is -2.01. The van der Waals surface area contributed by atoms with Crippen molar-refractivity contribution in [2.45, 2.75) is 134 Å². The zero-order valence-electron chi connectivity index (χ0n) is 22.2. The summed E-state index contributed by atoms with van der Waals surface area (Å²) in [5.41, 5.74) is -1.35. The molecule has 10 heteroatoms. The van der Waals surface area contributed by atoms with Gasteiger partial charge in [-0.15, -0.1) is 0 Å². The van der Waals surface area contributed by atoms with Gasteiger partial charge in [-0.2, -0.15) is 0 Å². The Morgan fingerprint density at radius 3 is 2.19 bits per heavy atom. The zero-order valence-corrected chi connectivity index (χ0v) is 22.2. The number of aliphatic hydroxyl groups is 3. The number of H-pyrrole nitrogens is 1. The fourth-order valence-electron chi connectivity index (χ4n) is 4.63. The number of nitrogens with zero attached hydrogens (tertiary/aromatic N) is 1. The smallest absolute Gasteiger partial charge is 0.330 e. The van der Waals surface area contributed by atoms with E-state index in [1.54, 1.807) is 0 Å². The van der Waals surface area contributed by atoms with E-state index in [1.807, 2.05) is 0 Å². The van der Waals surface area contributed by atoms with Gasteiger partial charge in [0, 0.05) is 18.7 Å². The van der Waals surface area contributed by atoms with Gasteiger partial charge in [0.25, 0.3) is 5.56 Å². The number of aliphatic hydroxyl groups excluding tert-OH is 3. The Morgan fingerprint density at radius 1 is 0.973 bits per heavy atom. The molecule has 1 aliphatic rings. The molecule has 1 aromatic heterocycles. The standard InChI is InChI=1S/C27H46N2O8/c1-2-3-4-11-14-20(30)15-12-9-7-5-6-8-10-13-16-23(32)36-19-21-24(33)25(34)26(37-21)29-18-17-22(31)28-27(29)35/h17-18,20-21,24-26,30,33-34H,2-16,19H2,1H3,(H,28,31,35)/t20?,21-,24-,25-,26-/m1/s1. The van der Waals surface area contributed by atoms with Gasteiger partial charge in [0.15, 0.2) is 6.23 Å². The van der Waals surface area contributed by atoms with E-state index < -0.39 is 41.8 Å². The van der Waals surface area contributed by atoms with Gasteiger partial charge in [-0.3, -0.25) is 19.1 Å². The molecule has 10 nitrogen and oxygen atoms in total. The maximum atomic E-state index is 12.1. The molecule has 37 heavy (non-hydrogen) atoms. The lowest BCUT2D eigenvalue weighted by molar-refractivity contribution is -0.150. The van der Waals surface area contributed by atoms with Crippen molar-refractivity contribution in [3.05, 3.63) is 33.1 Å². The number of ether oxygens (including phenoxy) is 2. The van der Waals surface area contributed by atoms with E-state index in [0.717, 1.165) is 74.8 Å². The van der Waals surface area contributed by atoms with Gasteiger partial charge in [0.1, 0.15) is 24.9 Å². The maximum Gasteiger partial charge on any atom is 0.330 e. The highest BCUT2D eigenvalue weighted by molar-refractivity contribution is 5.69. The second kappa shape index (κ2) is 17.5. The van der Waals surface area contributed by atoms with Crippen molar-refractivity contribution in [3.8, 4) is 0 Å². The van der Waals surface area contributed by atoms with Gasteiger partial charge >= 0.3 is 11.7 Å². The summed E-state index contributed by atoms with van der Waals surface area (Å²) in [4.78, 5) is 37.3. The molecule has 0 bridgehead atoms. The van der Waals surface area contributed by atoms with Crippen LogP contribution in [0.4, 0.5) is 0 Å². The third kappa shape index (κ3) is 11.5. The SMILES string of the molecule is CCCCCCC(O)CCCCCCCCCCC(=O)OC[C@H]1O[C@@H](n2ccc(=O)[nH]c2=O)[C@H](O)[C@@H]1O. The van der Waals surface area contributed by atoms with Crippen molar-refractivity contribution in [2.24, 2.45) is 0 Å². The largest absolute Gasteiger partial charge is 0.463 e. The van der Waals surface area contributed by atoms with Crippen LogP contribution in [0.5, 0.6) is 0 Å². The molecule has 0 aliphatic carbocycles. The topological polar surface area (TPSA) is 151 Å². The summed E-state index contributed by atoms with van der Waals surface area (Å²) in [6.45, 7) is 1.96. The van der Waals surface area contributed by atoms with Crippen molar-refractivity contribution < 1.29 is 29.6 Å². The molecular formula is C27H46N2O8. The Kier molecular flexibility index (Phi) is 14.8. The molecule has 0 amide bonds. The molecule has 1 fully saturated rings. The molecule has 4 N–H and O–H groups in total. The van der Waals surface area contributed by atoms with Gasteiger partial charge in [-0.25, -0.2) is 4.79 Å². The Balaban J connectivity index is 1.49. The van der Waals surface area contributed by atoms with Crippen molar-refractivity contribution in [2.75, 3.05) is 6.61 Å². The van der Waals surface area contributed by atoms with E-state index in [-0.39, 0.29) is 19.1 Å². The summed E-state index contributed by atoms with van der Waals surface area (Å²) in [5, 5.41) is 30.4. The highest BCUT2D eigenvalue weighted by Gasteiger charge is 2.44. The molecule has 1 unspecified atom stereocenters. The first kappa shape index (κ1) is 31.2. The third-order valence-corrected chi connectivity index (χ3v) is 6.93. The van der Waals surface area contributed by atoms with Crippen LogP contribution in [0.1, 0.15) is 109 Å². The summed E-state index contributed by atoms with van der Waals surface area (Å²) in [6, 6.07) is 1.11. The molecule has 2 heterocycles. The molecule has 0 aromatic carbocycles. The first-order valence-electron chi connectivity index (χ1n) is 14.0. The fourth-order valence-corrected chi connectivity index (χ4v) is 4.63. The predicted molar refractivity (Wildman–Crippen MR) is 139 cm³/mol. The number of rotatable bonds is 19. The van der Waals surface area contributed by atoms with Crippen LogP contribution in [-0.2, 0) is 14.3 Å². The van der Waals surface area contributed by atoms with Crippen LogP contribution >= 0.6 is 0 Å². The van der Waals surface area contributed by atoms with Crippen molar-refractivity contribution in [3.63, 3.8) is 0 Å². The Morgan fingerprint density at radius 2 is 1.57 bits per heavy atom. The lowest BCUT2D eigenvalue weighted by Crippen LogP contribution is -2.37. The van der Waals surface area contributed by atoms with Crippen LogP contribution in [0, 0.1) is 0 Å². The highest BCUT2D eigenvalue weighted by atomic mass is 16.6. The van der Waals surface area contributed by atoms with Crippen molar-refractivity contribution in [1.82, 2.24) is 9.55 Å². The number of hydrogen-bond donors (Lipinski definition) is 4. The average Bonchev–Trinajstić information content (AvgIpc) is 3.15. The van der Waals surface area contributed by atoms with Crippen LogP contribution in [0.3, 0.4) is 0 Å². The monoisotopic (exact) mass is 526 g/mol.